The fourth-order valence-corrected chi connectivity index (χ4v) is 1.56. The van der Waals surface area contributed by atoms with Crippen molar-refractivity contribution < 1.29 is 4.79 Å². The Bertz CT molecular complexity index is 142. The number of thiocarbonyl (C=S) groups is 1. The minimum atomic E-state index is 0. The Morgan fingerprint density at radius 3 is 2.42 bits per heavy atom. The molecule has 1 amide bonds. The quantitative estimate of drug-likeness (QED) is 0.318. The molecule has 0 fully saturated rings. The van der Waals surface area contributed by atoms with Gasteiger partial charge in [0.05, 0.1) is 0 Å². The van der Waals surface area contributed by atoms with Crippen molar-refractivity contribution in [1.29, 1.82) is 0 Å². The van der Waals surface area contributed by atoms with Crippen molar-refractivity contribution in [1.82, 2.24) is 9.62 Å². The van der Waals surface area contributed by atoms with Crippen molar-refractivity contribution in [2.75, 3.05) is 13.1 Å². The molecule has 0 saturated carbocycles. The molecule has 12 heavy (non-hydrogen) atoms. The molecule has 1 N–H and O–H groups in total. The molecule has 0 atom stereocenters. The van der Waals surface area contributed by atoms with E-state index in [1.807, 2.05) is 18.7 Å². The molecule has 0 aromatic carbocycles. The fraction of sp³-hybridized carbons (Fsp3) is 0.667. The molecule has 0 radical (unpaired) electrons. The summed E-state index contributed by atoms with van der Waals surface area (Å²) in [5.74, 6) is 0. The average Bonchev–Trinajstić information content (AvgIpc) is 2.03. The van der Waals surface area contributed by atoms with Gasteiger partial charge in [0.1, 0.15) is 0 Å². The summed E-state index contributed by atoms with van der Waals surface area (Å²) in [4.78, 5) is 11.9. The first-order valence-electron chi connectivity index (χ1n) is 3.41. The van der Waals surface area contributed by atoms with Crippen LogP contribution in [0, 0.1) is 0 Å². The molecule has 0 heterocycles. The molecule has 0 aliphatic heterocycles. The summed E-state index contributed by atoms with van der Waals surface area (Å²) in [6.07, 6.45) is 0.625. The van der Waals surface area contributed by atoms with Gasteiger partial charge < -0.3 is 4.90 Å². The van der Waals surface area contributed by atoms with Crippen molar-refractivity contribution in [3.8, 4) is 0 Å². The number of amides is 1. The zero-order chi connectivity index (χ0) is 8.69. The molecule has 0 saturated heterocycles. The van der Waals surface area contributed by atoms with Gasteiger partial charge in [0.2, 0.25) is 6.41 Å². The second-order valence-electron chi connectivity index (χ2n) is 1.78. The standard InChI is InChI=1S/C6H12N2OS2.Na.H/c1-3-8(4-2)6(10)11-7-5-9;;/h5H,3-4H2,1-2H3,(H,7,9);;. The van der Waals surface area contributed by atoms with E-state index in [0.717, 1.165) is 13.1 Å². The molecule has 0 aliphatic carbocycles. The van der Waals surface area contributed by atoms with Crippen LogP contribution in [0.15, 0.2) is 0 Å². The van der Waals surface area contributed by atoms with Crippen LogP contribution >= 0.6 is 24.2 Å². The van der Waals surface area contributed by atoms with Gasteiger partial charge in [0.15, 0.2) is 4.32 Å². The van der Waals surface area contributed by atoms with Gasteiger partial charge in [-0.05, 0) is 13.8 Å². The van der Waals surface area contributed by atoms with E-state index in [-0.39, 0.29) is 29.6 Å². The summed E-state index contributed by atoms with van der Waals surface area (Å²) < 4.78 is 3.16. The molecule has 66 valence electrons. The van der Waals surface area contributed by atoms with Gasteiger partial charge in [-0.15, -0.1) is 0 Å². The predicted molar refractivity (Wildman–Crippen MR) is 59.5 cm³/mol. The van der Waals surface area contributed by atoms with E-state index >= 15 is 0 Å². The van der Waals surface area contributed by atoms with Gasteiger partial charge in [-0.2, -0.15) is 0 Å². The van der Waals surface area contributed by atoms with Crippen LogP contribution in [-0.2, 0) is 4.79 Å². The average molecular weight is 216 g/mol. The number of carbonyl (C=O) groups excluding carboxylic acids is 1. The molecular formula is C6H13N2NaOS2. The fourth-order valence-electron chi connectivity index (χ4n) is 0.621. The maximum absolute atomic E-state index is 9.90. The van der Waals surface area contributed by atoms with Crippen LogP contribution in [-0.4, -0.2) is 58.3 Å². The third-order valence-electron chi connectivity index (χ3n) is 1.22. The first-order valence-corrected chi connectivity index (χ1v) is 4.63. The molecule has 0 aromatic heterocycles. The van der Waals surface area contributed by atoms with E-state index < -0.39 is 0 Å². The van der Waals surface area contributed by atoms with E-state index in [1.54, 1.807) is 0 Å². The van der Waals surface area contributed by atoms with Gasteiger partial charge in [0.25, 0.3) is 0 Å². The molecule has 0 spiro atoms. The van der Waals surface area contributed by atoms with E-state index in [1.165, 1.54) is 11.9 Å². The van der Waals surface area contributed by atoms with Crippen molar-refractivity contribution in [3.63, 3.8) is 0 Å². The van der Waals surface area contributed by atoms with Gasteiger partial charge in [-0.3, -0.25) is 9.52 Å². The zero-order valence-corrected chi connectivity index (χ0v) is 8.30. The maximum atomic E-state index is 9.90. The monoisotopic (exact) mass is 216 g/mol. The molecule has 0 aromatic rings. The minimum absolute atomic E-state index is 0. The first kappa shape index (κ1) is 15.2. The van der Waals surface area contributed by atoms with Gasteiger partial charge in [-0.1, -0.05) is 12.2 Å². The predicted octanol–water partition coefficient (Wildman–Crippen LogP) is 0.359. The van der Waals surface area contributed by atoms with Crippen molar-refractivity contribution >= 4 is 64.5 Å². The van der Waals surface area contributed by atoms with Crippen molar-refractivity contribution in [2.45, 2.75) is 13.8 Å². The number of carbonyl (C=O) groups is 1. The van der Waals surface area contributed by atoms with Crippen LogP contribution in [0.2, 0.25) is 0 Å². The van der Waals surface area contributed by atoms with E-state index in [4.69, 9.17) is 12.2 Å². The molecule has 0 rings (SSSR count). The summed E-state index contributed by atoms with van der Waals surface area (Å²) in [5.41, 5.74) is 0. The van der Waals surface area contributed by atoms with Gasteiger partial charge in [0, 0.05) is 25.0 Å². The Morgan fingerprint density at radius 1 is 1.58 bits per heavy atom. The SMILES string of the molecule is CCN(CC)C(=S)SNC=O.[NaH]. The van der Waals surface area contributed by atoms with Crippen LogP contribution in [0.3, 0.4) is 0 Å². The summed E-state index contributed by atoms with van der Waals surface area (Å²) in [6, 6.07) is 0. The van der Waals surface area contributed by atoms with E-state index in [2.05, 4.69) is 4.72 Å². The number of nitrogens with zero attached hydrogens (tertiary/aromatic N) is 1. The molecule has 0 bridgehead atoms. The Kier molecular flexibility index (Phi) is 12.4. The van der Waals surface area contributed by atoms with Crippen LogP contribution < -0.4 is 4.72 Å². The zero-order valence-electron chi connectivity index (χ0n) is 6.66. The number of nitrogens with one attached hydrogen (secondary N) is 1. The number of rotatable bonds is 4. The Balaban J connectivity index is 0. The normalized spacial score (nSPS) is 8.17. The second kappa shape index (κ2) is 9.80. The van der Waals surface area contributed by atoms with E-state index in [0.29, 0.717) is 10.7 Å². The summed E-state index contributed by atoms with van der Waals surface area (Å²) in [6.45, 7) is 5.81. The molecule has 0 unspecified atom stereocenters. The number of hydrogen-bond donors (Lipinski definition) is 1. The van der Waals surface area contributed by atoms with E-state index in [9.17, 15) is 4.79 Å². The van der Waals surface area contributed by atoms with Crippen LogP contribution in [0.4, 0.5) is 0 Å². The summed E-state index contributed by atoms with van der Waals surface area (Å²) in [5, 5.41) is 0. The van der Waals surface area contributed by atoms with Gasteiger partial charge in [-0.25, -0.2) is 0 Å². The number of hydrogen-bond acceptors (Lipinski definition) is 3. The Morgan fingerprint density at radius 2 is 2.08 bits per heavy atom. The Hall–Kier alpha value is 0.710. The topological polar surface area (TPSA) is 32.3 Å². The first-order chi connectivity index (χ1) is 5.26. The van der Waals surface area contributed by atoms with Crippen LogP contribution in [0.1, 0.15) is 13.8 Å². The third-order valence-corrected chi connectivity index (χ3v) is 2.37. The summed E-state index contributed by atoms with van der Waals surface area (Å²) in [7, 11) is 0. The van der Waals surface area contributed by atoms with Crippen molar-refractivity contribution in [2.24, 2.45) is 0 Å². The molecule has 6 heteroatoms. The summed E-state index contributed by atoms with van der Waals surface area (Å²) >= 11 is 6.18. The van der Waals surface area contributed by atoms with Gasteiger partial charge >= 0.3 is 29.6 Å². The Labute approximate surface area is 105 Å². The molecular weight excluding hydrogens is 203 g/mol. The van der Waals surface area contributed by atoms with Crippen molar-refractivity contribution in [3.05, 3.63) is 0 Å². The van der Waals surface area contributed by atoms with Crippen LogP contribution in [0.5, 0.6) is 0 Å². The second-order valence-corrected chi connectivity index (χ2v) is 3.25. The molecule has 3 nitrogen and oxygen atoms in total. The van der Waals surface area contributed by atoms with Crippen LogP contribution in [0.25, 0.3) is 0 Å². The molecule has 0 aliphatic rings. The third kappa shape index (κ3) is 6.25.